The zero-order valence-corrected chi connectivity index (χ0v) is 16.5. The van der Waals surface area contributed by atoms with Crippen molar-refractivity contribution in [3.63, 3.8) is 0 Å². The molecule has 22 heavy (non-hydrogen) atoms. The van der Waals surface area contributed by atoms with Gasteiger partial charge in [0.05, 0.1) is 0 Å². The van der Waals surface area contributed by atoms with Crippen molar-refractivity contribution in [1.29, 1.82) is 0 Å². The van der Waals surface area contributed by atoms with Gasteiger partial charge >= 0.3 is 0 Å². The van der Waals surface area contributed by atoms with E-state index in [9.17, 15) is 8.42 Å². The number of thiophene rings is 1. The number of aryl methyl sites for hydroxylation is 1. The first-order valence-electron chi connectivity index (χ1n) is 7.07. The number of hydrogen-bond donors (Lipinski definition) is 3. The molecule has 0 aliphatic heterocycles. The molecule has 0 unspecified atom stereocenters. The standard InChI is InChI=1S/C13H22N4O2S2.HI/c1-10-5-6-12(20-10)21(18,19)17-8-7-15-13(14)16-9-11-3-2-4-11;/h5-6,11,17H,2-4,7-9H2,1H3,(H3,14,15,16);1H. The van der Waals surface area contributed by atoms with Crippen LogP contribution >= 0.6 is 35.3 Å². The van der Waals surface area contributed by atoms with Crippen LogP contribution in [0.25, 0.3) is 0 Å². The van der Waals surface area contributed by atoms with Gasteiger partial charge < -0.3 is 11.1 Å². The Morgan fingerprint density at radius 1 is 1.41 bits per heavy atom. The molecule has 1 aromatic rings. The van der Waals surface area contributed by atoms with Crippen LogP contribution in [0, 0.1) is 12.8 Å². The molecule has 0 radical (unpaired) electrons. The monoisotopic (exact) mass is 458 g/mol. The molecule has 0 aromatic carbocycles. The van der Waals surface area contributed by atoms with E-state index in [1.807, 2.05) is 6.92 Å². The van der Waals surface area contributed by atoms with Crippen LogP contribution in [0.2, 0.25) is 0 Å². The van der Waals surface area contributed by atoms with Gasteiger partial charge in [0.2, 0.25) is 10.0 Å². The number of nitrogens with one attached hydrogen (secondary N) is 2. The van der Waals surface area contributed by atoms with E-state index in [1.54, 1.807) is 12.1 Å². The van der Waals surface area contributed by atoms with Gasteiger partial charge in [-0.25, -0.2) is 13.1 Å². The number of aliphatic imine (C=N–C) groups is 1. The van der Waals surface area contributed by atoms with Crippen molar-refractivity contribution in [1.82, 2.24) is 10.0 Å². The van der Waals surface area contributed by atoms with Crippen molar-refractivity contribution in [3.8, 4) is 0 Å². The molecule has 1 aliphatic carbocycles. The third-order valence-electron chi connectivity index (χ3n) is 3.45. The van der Waals surface area contributed by atoms with Crippen molar-refractivity contribution < 1.29 is 8.42 Å². The summed E-state index contributed by atoms with van der Waals surface area (Å²) >= 11 is 1.26. The molecule has 4 N–H and O–H groups in total. The summed E-state index contributed by atoms with van der Waals surface area (Å²) in [6.45, 7) is 3.34. The summed E-state index contributed by atoms with van der Waals surface area (Å²) in [5, 5.41) is 2.92. The van der Waals surface area contributed by atoms with Gasteiger partial charge in [0.1, 0.15) is 4.21 Å². The maximum absolute atomic E-state index is 12.0. The summed E-state index contributed by atoms with van der Waals surface area (Å²) < 4.78 is 26.8. The summed E-state index contributed by atoms with van der Waals surface area (Å²) in [7, 11) is -3.41. The molecule has 0 amide bonds. The lowest BCUT2D eigenvalue weighted by Crippen LogP contribution is -2.38. The first-order chi connectivity index (χ1) is 9.97. The van der Waals surface area contributed by atoms with Gasteiger partial charge in [-0.2, -0.15) is 0 Å². The second-order valence-corrected chi connectivity index (χ2v) is 8.49. The van der Waals surface area contributed by atoms with Gasteiger partial charge in [0, 0.05) is 24.5 Å². The SMILES string of the molecule is Cc1ccc(S(=O)(=O)NCCNC(N)=NCC2CCC2)s1.I. The molecule has 1 aromatic heterocycles. The summed E-state index contributed by atoms with van der Waals surface area (Å²) in [6, 6.07) is 3.41. The quantitative estimate of drug-likeness (QED) is 0.251. The van der Waals surface area contributed by atoms with Crippen molar-refractivity contribution in [3.05, 3.63) is 17.0 Å². The Bertz CT molecular complexity index is 597. The molecule has 1 heterocycles. The number of sulfonamides is 1. The van der Waals surface area contributed by atoms with E-state index < -0.39 is 10.0 Å². The number of hydrogen-bond acceptors (Lipinski definition) is 4. The highest BCUT2D eigenvalue weighted by molar-refractivity contribution is 14.0. The maximum Gasteiger partial charge on any atom is 0.250 e. The van der Waals surface area contributed by atoms with Gasteiger partial charge in [-0.1, -0.05) is 6.42 Å². The minimum atomic E-state index is -3.41. The van der Waals surface area contributed by atoms with Crippen LogP contribution in [-0.4, -0.2) is 34.0 Å². The maximum atomic E-state index is 12.0. The Morgan fingerprint density at radius 2 is 2.14 bits per heavy atom. The second-order valence-electron chi connectivity index (χ2n) is 5.21. The van der Waals surface area contributed by atoms with Crippen molar-refractivity contribution in [2.24, 2.45) is 16.6 Å². The number of guanidine groups is 1. The molecule has 1 aliphatic rings. The van der Waals surface area contributed by atoms with Crippen LogP contribution in [0.3, 0.4) is 0 Å². The molecule has 6 nitrogen and oxygen atoms in total. The summed E-state index contributed by atoms with van der Waals surface area (Å²) in [6.07, 6.45) is 3.76. The third kappa shape index (κ3) is 6.01. The van der Waals surface area contributed by atoms with Crippen LogP contribution in [0.5, 0.6) is 0 Å². The van der Waals surface area contributed by atoms with Crippen LogP contribution in [0.15, 0.2) is 21.3 Å². The van der Waals surface area contributed by atoms with Crippen molar-refractivity contribution in [2.45, 2.75) is 30.4 Å². The second kappa shape index (κ2) is 9.04. The Hall–Kier alpha value is -0.390. The van der Waals surface area contributed by atoms with Crippen LogP contribution in [0.4, 0.5) is 0 Å². The molecule has 0 bridgehead atoms. The number of halogens is 1. The number of nitrogens with zero attached hydrogens (tertiary/aromatic N) is 1. The highest BCUT2D eigenvalue weighted by Crippen LogP contribution is 2.26. The largest absolute Gasteiger partial charge is 0.370 e. The van der Waals surface area contributed by atoms with Crippen molar-refractivity contribution >= 4 is 51.3 Å². The van der Waals surface area contributed by atoms with Gasteiger partial charge in [-0.3, -0.25) is 4.99 Å². The van der Waals surface area contributed by atoms with E-state index in [0.717, 1.165) is 11.4 Å². The Morgan fingerprint density at radius 3 is 2.68 bits per heavy atom. The van der Waals surface area contributed by atoms with E-state index in [1.165, 1.54) is 30.6 Å². The van der Waals surface area contributed by atoms with E-state index in [2.05, 4.69) is 15.0 Å². The molecule has 126 valence electrons. The summed E-state index contributed by atoms with van der Waals surface area (Å²) in [4.78, 5) is 5.22. The van der Waals surface area contributed by atoms with Gasteiger partial charge in [0.15, 0.2) is 5.96 Å². The molecular formula is C13H23IN4O2S2. The van der Waals surface area contributed by atoms with Crippen LogP contribution in [-0.2, 0) is 10.0 Å². The molecule has 0 atom stereocenters. The Balaban J connectivity index is 0.00000242. The zero-order chi connectivity index (χ0) is 15.3. The van der Waals surface area contributed by atoms with Gasteiger partial charge in [0.25, 0.3) is 0 Å². The molecule has 1 saturated carbocycles. The van der Waals surface area contributed by atoms with Gasteiger partial charge in [-0.15, -0.1) is 35.3 Å². The topological polar surface area (TPSA) is 96.6 Å². The number of nitrogens with two attached hydrogens (primary N) is 1. The molecular weight excluding hydrogens is 435 g/mol. The molecule has 0 saturated heterocycles. The Kier molecular flexibility index (Phi) is 8.08. The highest BCUT2D eigenvalue weighted by Gasteiger charge is 2.17. The Labute approximate surface area is 153 Å². The predicted octanol–water partition coefficient (Wildman–Crippen LogP) is 1.66. The smallest absolute Gasteiger partial charge is 0.250 e. The third-order valence-corrected chi connectivity index (χ3v) is 6.40. The molecule has 1 fully saturated rings. The van der Waals surface area contributed by atoms with E-state index in [4.69, 9.17) is 5.73 Å². The minimum absolute atomic E-state index is 0. The summed E-state index contributed by atoms with van der Waals surface area (Å²) in [5.41, 5.74) is 5.73. The molecule has 0 spiro atoms. The lowest BCUT2D eigenvalue weighted by molar-refractivity contribution is 0.326. The molecule has 9 heteroatoms. The van der Waals surface area contributed by atoms with Crippen molar-refractivity contribution in [2.75, 3.05) is 19.6 Å². The average Bonchev–Trinajstić information content (AvgIpc) is 2.80. The molecule has 2 rings (SSSR count). The van der Waals surface area contributed by atoms with Gasteiger partial charge in [-0.05, 0) is 37.8 Å². The van der Waals surface area contributed by atoms with E-state index in [-0.39, 0.29) is 30.5 Å². The van der Waals surface area contributed by atoms with E-state index >= 15 is 0 Å². The fourth-order valence-corrected chi connectivity index (χ4v) is 4.32. The predicted molar refractivity (Wildman–Crippen MR) is 101 cm³/mol. The summed E-state index contributed by atoms with van der Waals surface area (Å²) in [5.74, 6) is 1.05. The normalized spacial score (nSPS) is 16.0. The average molecular weight is 458 g/mol. The fraction of sp³-hybridized carbons (Fsp3) is 0.615. The first kappa shape index (κ1) is 19.7. The first-order valence-corrected chi connectivity index (χ1v) is 9.37. The van der Waals surface area contributed by atoms with Crippen LogP contribution < -0.4 is 15.8 Å². The lowest BCUT2D eigenvalue weighted by Gasteiger charge is -2.23. The van der Waals surface area contributed by atoms with E-state index in [0.29, 0.717) is 22.6 Å². The fourth-order valence-electron chi connectivity index (χ4n) is 1.96. The zero-order valence-electron chi connectivity index (χ0n) is 12.5. The lowest BCUT2D eigenvalue weighted by atomic mass is 9.86. The minimum Gasteiger partial charge on any atom is -0.370 e. The number of rotatable bonds is 7. The highest BCUT2D eigenvalue weighted by atomic mass is 127. The van der Waals surface area contributed by atoms with Crippen LogP contribution in [0.1, 0.15) is 24.1 Å².